The van der Waals surface area contributed by atoms with Gasteiger partial charge in [-0.05, 0) is 0 Å². The third-order valence-electron chi connectivity index (χ3n) is 0. The first kappa shape index (κ1) is 24.1. The van der Waals surface area contributed by atoms with Crippen LogP contribution in [0.4, 0.5) is 0 Å². The molecule has 0 aliphatic rings. The fourth-order valence-corrected chi connectivity index (χ4v) is 0. The first-order valence-corrected chi connectivity index (χ1v) is 5.55. The molecule has 0 heterocycles. The second kappa shape index (κ2) is 10.3. The Balaban J connectivity index is -0.0000000178. The van der Waals surface area contributed by atoms with Gasteiger partial charge in [-0.15, -0.1) is 0 Å². The smallest absolute Gasteiger partial charge is 2.00 e. The van der Waals surface area contributed by atoms with Gasteiger partial charge in [0.1, 0.15) is 0 Å². The molecule has 12 heavy (non-hydrogen) atoms. The summed E-state index contributed by atoms with van der Waals surface area (Å²) in [5, 5.41) is 0. The summed E-state index contributed by atoms with van der Waals surface area (Å²) in [7, 11) is 0. The molecule has 8 nitrogen and oxygen atoms in total. The first-order valence-electron chi connectivity index (χ1n) is 1.35. The van der Waals surface area contributed by atoms with Gasteiger partial charge in [-0.3, -0.25) is 0 Å². The Kier molecular flexibility index (Phi) is 20.7. The van der Waals surface area contributed by atoms with Crippen molar-refractivity contribution in [1.29, 1.82) is 0 Å². The maximum atomic E-state index is 8.82. The van der Waals surface area contributed by atoms with Crippen LogP contribution in [-0.2, 0) is 42.3 Å². The van der Waals surface area contributed by atoms with Crippen molar-refractivity contribution in [2.75, 3.05) is 0 Å². The summed E-state index contributed by atoms with van der Waals surface area (Å²) in [6, 6.07) is 0. The quantitative estimate of drug-likeness (QED) is 0.278. The molecule has 0 aromatic rings. The average Bonchev–Trinajstić information content (AvgIpc) is 1.12. The second-order valence-corrected chi connectivity index (χ2v) is 3.56. The van der Waals surface area contributed by atoms with Crippen LogP contribution in [0.1, 0.15) is 2.85 Å². The molecular formula is H6CrLaMnO8Sr. The minimum Gasteiger partial charge on any atom is 2.00 e. The fraction of sp³-hybridized carbons (Fsp3) is 0. The molecule has 0 amide bonds. The van der Waals surface area contributed by atoms with E-state index in [1.165, 1.54) is 0 Å². The van der Waals surface area contributed by atoms with Gasteiger partial charge in [0.15, 0.2) is 0 Å². The van der Waals surface area contributed by atoms with E-state index in [-0.39, 0.29) is 83.9 Å². The van der Waals surface area contributed by atoms with Crippen molar-refractivity contribution in [3.05, 3.63) is 0 Å². The first-order chi connectivity index (χ1) is 4.00. The van der Waals surface area contributed by atoms with Gasteiger partial charge < -0.3 is 2.85 Å². The van der Waals surface area contributed by atoms with E-state index in [1.54, 1.807) is 0 Å². The predicted octanol–water partition coefficient (Wildman–Crippen LogP) is -2.86. The van der Waals surface area contributed by atoms with Crippen LogP contribution in [0, 0.1) is 35.6 Å². The van der Waals surface area contributed by atoms with Crippen molar-refractivity contribution >= 4 is 45.5 Å². The van der Waals surface area contributed by atoms with E-state index in [4.69, 9.17) is 32.0 Å². The molecule has 12 heteroatoms. The molecule has 0 aromatic heterocycles. The van der Waals surface area contributed by atoms with Gasteiger partial charge in [-0.2, -0.15) is 0 Å². The van der Waals surface area contributed by atoms with Gasteiger partial charge in [0.05, 0.1) is 0 Å². The summed E-state index contributed by atoms with van der Waals surface area (Å²) < 4.78 is 63.7. The van der Waals surface area contributed by atoms with Crippen LogP contribution in [0.2, 0.25) is 0 Å². The van der Waals surface area contributed by atoms with Crippen LogP contribution in [0.15, 0.2) is 0 Å². The summed E-state index contributed by atoms with van der Waals surface area (Å²) in [6.07, 6.45) is 0. The average molecular weight is 468 g/mol. The van der Waals surface area contributed by atoms with Crippen LogP contribution in [0.25, 0.3) is 0 Å². The van der Waals surface area contributed by atoms with Crippen LogP contribution < -0.4 is 0 Å². The molecule has 0 bridgehead atoms. The molecule has 0 saturated heterocycles. The van der Waals surface area contributed by atoms with Crippen molar-refractivity contribution in [2.24, 2.45) is 0 Å². The van der Waals surface area contributed by atoms with Crippen LogP contribution in [-0.4, -0.2) is 62.2 Å². The molecule has 0 saturated carbocycles. The van der Waals surface area contributed by atoms with E-state index >= 15 is 0 Å². The predicted molar refractivity (Wildman–Crippen MR) is 19.6 cm³/mol. The maximum Gasteiger partial charge on any atom is 2.00 e. The van der Waals surface area contributed by atoms with Crippen molar-refractivity contribution in [1.82, 2.24) is 0 Å². The normalized spacial score (nSPS) is 9.67. The van der Waals surface area contributed by atoms with E-state index in [2.05, 4.69) is 0 Å². The minimum atomic E-state index is -5.25. The Morgan fingerprint density at radius 1 is 1.08 bits per heavy atom. The standard InChI is InChI=1S/Cr.La.Mn.4H2O.4O.Sr.2H/h;;;4*1H2;;;;;;;/q+2;;+2;;;;;;;;;+2;2*-1/p-4. The molecule has 0 aliphatic carbocycles. The van der Waals surface area contributed by atoms with E-state index < -0.39 is 27.0 Å². The largest absolute Gasteiger partial charge is 2.00 e. The molecule has 0 rings (SSSR count). The van der Waals surface area contributed by atoms with Gasteiger partial charge >= 0.3 is 104 Å². The van der Waals surface area contributed by atoms with E-state index in [0.717, 1.165) is 0 Å². The summed E-state index contributed by atoms with van der Waals surface area (Å²) in [5.41, 5.74) is 0. The van der Waals surface area contributed by atoms with Crippen LogP contribution in [0.3, 0.4) is 0 Å². The zero-order valence-electron chi connectivity index (χ0n) is 7.49. The minimum absolute atomic E-state index is 0. The number of rotatable bonds is 0. The van der Waals surface area contributed by atoms with Gasteiger partial charge in [-0.25, -0.2) is 0 Å². The molecule has 72 valence electrons. The Labute approximate surface area is 140 Å². The second-order valence-electron chi connectivity index (χ2n) is 0.862. The van der Waals surface area contributed by atoms with Crippen molar-refractivity contribution in [3.8, 4) is 0 Å². The van der Waals surface area contributed by atoms with Crippen molar-refractivity contribution in [2.45, 2.75) is 0 Å². The third kappa shape index (κ3) is 231. The molecule has 0 aliphatic heterocycles. The van der Waals surface area contributed by atoms with Gasteiger partial charge in [0.2, 0.25) is 0 Å². The molecule has 0 aromatic carbocycles. The molecule has 0 atom stereocenters. The summed E-state index contributed by atoms with van der Waals surface area (Å²) in [5.74, 6) is 0. The third-order valence-corrected chi connectivity index (χ3v) is 0. The number of hydrogen-bond acceptors (Lipinski definition) is 4. The topological polar surface area (TPSA) is 149 Å². The molecule has 1 radical (unpaired) electrons. The summed E-state index contributed by atoms with van der Waals surface area (Å²) >= 11 is -10.4. The summed E-state index contributed by atoms with van der Waals surface area (Å²) in [6.45, 7) is 0. The molecule has 0 spiro atoms. The van der Waals surface area contributed by atoms with Crippen molar-refractivity contribution in [3.63, 3.8) is 0 Å². The van der Waals surface area contributed by atoms with Gasteiger partial charge in [0.25, 0.3) is 0 Å². The van der Waals surface area contributed by atoms with Crippen LogP contribution >= 0.6 is 0 Å². The van der Waals surface area contributed by atoms with Crippen molar-refractivity contribution < 1.29 is 97.4 Å². The van der Waals surface area contributed by atoms with Gasteiger partial charge in [0, 0.05) is 35.6 Å². The van der Waals surface area contributed by atoms with Crippen LogP contribution in [0.5, 0.6) is 0 Å². The monoisotopic (exact) mass is 468 g/mol. The Hall–Kier alpha value is 2.77. The molecule has 0 fully saturated rings. The molecular weight excluding hydrogens is 461 g/mol. The van der Waals surface area contributed by atoms with E-state index in [1.807, 2.05) is 0 Å². The Bertz CT molecular complexity index is 224. The molecule has 0 unspecified atom stereocenters. The zero-order valence-corrected chi connectivity index (χ0v) is 15.0. The van der Waals surface area contributed by atoms with E-state index in [0.29, 0.717) is 0 Å². The maximum absolute atomic E-state index is 8.82. The van der Waals surface area contributed by atoms with E-state index in [9.17, 15) is 0 Å². The SMILES string of the molecule is [H-].[H-].[La].[O]=[Cr](=[O])([OH])[OH].[O]=[Mn](=[O])([OH])[OH].[Sr+2]. The summed E-state index contributed by atoms with van der Waals surface area (Å²) in [4.78, 5) is 0. The zero-order chi connectivity index (χ0) is 9.00. The Morgan fingerprint density at radius 2 is 1.08 bits per heavy atom. The van der Waals surface area contributed by atoms with Gasteiger partial charge in [-0.1, -0.05) is 0 Å². The Morgan fingerprint density at radius 3 is 1.08 bits per heavy atom. The fourth-order valence-electron chi connectivity index (χ4n) is 0. The molecule has 4 N–H and O–H groups in total. The number of hydrogen-bond donors (Lipinski definition) is 4.